The molecule has 0 nitrogen and oxygen atoms in total. The maximum Gasteiger partial charge on any atom is -0.0227 e. The van der Waals surface area contributed by atoms with Gasteiger partial charge in [-0.1, -0.05) is 89.9 Å². The third-order valence-corrected chi connectivity index (χ3v) is 1.60. The molecule has 0 aliphatic rings. The lowest BCUT2D eigenvalue weighted by molar-refractivity contribution is 1.09. The van der Waals surface area contributed by atoms with Gasteiger partial charge in [0.1, 0.15) is 0 Å². The van der Waals surface area contributed by atoms with E-state index in [0.717, 1.165) is 0 Å². The lowest BCUT2D eigenvalue weighted by atomic mass is 10.1. The van der Waals surface area contributed by atoms with Crippen LogP contribution in [0.1, 0.15) is 45.2 Å². The van der Waals surface area contributed by atoms with E-state index < -0.39 is 0 Å². The Morgan fingerprint density at radius 3 is 1.94 bits per heavy atom. The van der Waals surface area contributed by atoms with Crippen LogP contribution in [-0.2, 0) is 0 Å². The quantitative estimate of drug-likeness (QED) is 0.446. The molecule has 0 bridgehead atoms. The van der Waals surface area contributed by atoms with Crippen LogP contribution in [0, 0.1) is 6.92 Å². The largest absolute Gasteiger partial charge is 0.141 e. The van der Waals surface area contributed by atoms with Crippen LogP contribution in [0.3, 0.4) is 0 Å². The Balaban J connectivity index is -0.000000274. The van der Waals surface area contributed by atoms with Gasteiger partial charge in [-0.05, 0) is 18.1 Å². The average molecular weight is 266 g/mol. The van der Waals surface area contributed by atoms with E-state index in [9.17, 15) is 0 Å². The van der Waals surface area contributed by atoms with Gasteiger partial charge in [-0.25, -0.2) is 0 Å². The highest BCUT2D eigenvalue weighted by molar-refractivity contribution is 7.15. The summed E-state index contributed by atoms with van der Waals surface area (Å²) in [5, 5.41) is 0. The van der Waals surface area contributed by atoms with Gasteiger partial charge in [-0.2, -0.15) is 0 Å². The summed E-state index contributed by atoms with van der Waals surface area (Å²) in [5.74, 6) is 0. The van der Waals surface area contributed by atoms with Gasteiger partial charge in [0.05, 0.1) is 0 Å². The van der Waals surface area contributed by atoms with Crippen molar-refractivity contribution in [3.8, 4) is 0 Å². The summed E-state index contributed by atoms with van der Waals surface area (Å²) in [4.78, 5) is 0. The van der Waals surface area contributed by atoms with Gasteiger partial charge >= 0.3 is 0 Å². The van der Waals surface area contributed by atoms with Gasteiger partial charge in [-0.3, -0.25) is 0 Å². The molecule has 0 amide bonds. The van der Waals surface area contributed by atoms with Crippen molar-refractivity contribution in [2.75, 3.05) is 6.66 Å². The molecule has 1 aromatic rings. The Hall–Kier alpha value is -0.870. The van der Waals surface area contributed by atoms with Crippen LogP contribution in [-0.4, -0.2) is 6.66 Å². The molecule has 0 spiro atoms. The van der Waals surface area contributed by atoms with E-state index >= 15 is 0 Å². The van der Waals surface area contributed by atoms with E-state index in [1.54, 1.807) is 6.08 Å². The van der Waals surface area contributed by atoms with Crippen LogP contribution >= 0.6 is 9.24 Å². The van der Waals surface area contributed by atoms with Gasteiger partial charge in [-0.15, -0.1) is 9.24 Å². The van der Waals surface area contributed by atoms with Gasteiger partial charge in [0.2, 0.25) is 0 Å². The molecule has 0 aromatic heterocycles. The highest BCUT2D eigenvalue weighted by Crippen LogP contribution is 2.08. The lowest BCUT2D eigenvalue weighted by Crippen LogP contribution is -1.76. The van der Waals surface area contributed by atoms with E-state index in [-0.39, 0.29) is 0 Å². The van der Waals surface area contributed by atoms with Crippen molar-refractivity contribution in [1.29, 1.82) is 0 Å². The van der Waals surface area contributed by atoms with Gasteiger partial charge in [0.15, 0.2) is 0 Å². The first-order valence-corrected chi connectivity index (χ1v) is 7.84. The molecular weight excluding hydrogens is 235 g/mol. The molecule has 0 N–H and O–H groups in total. The van der Waals surface area contributed by atoms with E-state index in [1.165, 1.54) is 17.5 Å². The summed E-state index contributed by atoms with van der Waals surface area (Å²) >= 11 is 0. The third-order valence-electron chi connectivity index (χ3n) is 1.60. The SMILES string of the molecule is C=C/C=C\c1ccccc1C.CC.CCC.CP. The predicted octanol–water partition coefficient (Wildman–Crippen LogP) is 6.13. The van der Waals surface area contributed by atoms with Gasteiger partial charge in [0, 0.05) is 0 Å². The highest BCUT2D eigenvalue weighted by atomic mass is 31.0. The molecule has 1 atom stereocenters. The smallest absolute Gasteiger partial charge is 0.0227 e. The molecule has 1 aromatic carbocycles. The zero-order valence-electron chi connectivity index (χ0n) is 13.0. The summed E-state index contributed by atoms with van der Waals surface area (Å²) in [6, 6.07) is 8.27. The summed E-state index contributed by atoms with van der Waals surface area (Å²) in [7, 11) is 2.42. The molecular formula is C17H31P. The Labute approximate surface area is 117 Å². The monoisotopic (exact) mass is 266 g/mol. The number of benzene rings is 1. The Morgan fingerprint density at radius 1 is 1.11 bits per heavy atom. The predicted molar refractivity (Wildman–Crippen MR) is 93.4 cm³/mol. The minimum Gasteiger partial charge on any atom is -0.141 e. The number of hydrogen-bond donors (Lipinski definition) is 0. The summed E-state index contributed by atoms with van der Waals surface area (Å²) in [6.45, 7) is 15.9. The van der Waals surface area contributed by atoms with Crippen molar-refractivity contribution in [2.45, 2.75) is 41.0 Å². The van der Waals surface area contributed by atoms with Crippen LogP contribution in [0.25, 0.3) is 6.08 Å². The van der Waals surface area contributed by atoms with Gasteiger partial charge < -0.3 is 0 Å². The van der Waals surface area contributed by atoms with E-state index in [0.29, 0.717) is 0 Å². The summed E-state index contributed by atoms with van der Waals surface area (Å²) < 4.78 is 0. The molecule has 0 aliphatic carbocycles. The molecule has 0 fully saturated rings. The standard InChI is InChI=1S/C11H12.C3H8.C2H6.CH5P/c1-3-4-8-11-9-6-5-7-10(11)2;1-3-2;2*1-2/h3-9H,1H2,2H3;3H2,1-2H3;1-2H3;2H2,1H3/b8-4-;;;. The molecule has 18 heavy (non-hydrogen) atoms. The second-order valence-electron chi connectivity index (χ2n) is 3.16. The third kappa shape index (κ3) is 15.1. The molecule has 0 radical (unpaired) electrons. The van der Waals surface area contributed by atoms with E-state index in [1.807, 2.05) is 38.7 Å². The molecule has 0 heterocycles. The fourth-order valence-corrected chi connectivity index (χ4v) is 0.945. The first-order valence-electron chi connectivity index (χ1n) is 6.68. The maximum atomic E-state index is 3.62. The van der Waals surface area contributed by atoms with Crippen molar-refractivity contribution in [1.82, 2.24) is 0 Å². The molecule has 104 valence electrons. The summed E-state index contributed by atoms with van der Waals surface area (Å²) in [6.07, 6.45) is 7.04. The lowest BCUT2D eigenvalue weighted by Gasteiger charge is -1.96. The van der Waals surface area contributed by atoms with Crippen LogP contribution in [0.15, 0.2) is 43.0 Å². The number of hydrogen-bond acceptors (Lipinski definition) is 0. The fraction of sp³-hybridized carbons (Fsp3) is 0.412. The Morgan fingerprint density at radius 2 is 1.56 bits per heavy atom. The van der Waals surface area contributed by atoms with Crippen molar-refractivity contribution < 1.29 is 0 Å². The zero-order chi connectivity index (χ0) is 14.8. The normalized spacial score (nSPS) is 7.94. The zero-order valence-corrected chi connectivity index (χ0v) is 14.2. The number of aryl methyl sites for hydroxylation is 1. The molecule has 0 saturated heterocycles. The number of rotatable bonds is 2. The molecule has 0 saturated carbocycles. The minimum atomic E-state index is 1.25. The molecule has 0 aliphatic heterocycles. The van der Waals surface area contributed by atoms with Crippen molar-refractivity contribution in [3.63, 3.8) is 0 Å². The second-order valence-corrected chi connectivity index (χ2v) is 3.16. The first kappa shape index (κ1) is 22.3. The number of allylic oxidation sites excluding steroid dienone is 2. The van der Waals surface area contributed by atoms with E-state index in [2.05, 4.69) is 54.8 Å². The van der Waals surface area contributed by atoms with Crippen LogP contribution < -0.4 is 0 Å². The van der Waals surface area contributed by atoms with Crippen molar-refractivity contribution in [3.05, 3.63) is 54.1 Å². The fourth-order valence-electron chi connectivity index (χ4n) is 0.945. The second kappa shape index (κ2) is 21.4. The van der Waals surface area contributed by atoms with Crippen LogP contribution in [0.4, 0.5) is 0 Å². The molecule has 1 unspecified atom stereocenters. The topological polar surface area (TPSA) is 0 Å². The maximum absolute atomic E-state index is 3.62. The van der Waals surface area contributed by atoms with Gasteiger partial charge in [0.25, 0.3) is 0 Å². The van der Waals surface area contributed by atoms with Crippen molar-refractivity contribution in [2.24, 2.45) is 0 Å². The first-order chi connectivity index (χ1) is 8.76. The van der Waals surface area contributed by atoms with E-state index in [4.69, 9.17) is 0 Å². The van der Waals surface area contributed by atoms with Crippen LogP contribution in [0.5, 0.6) is 0 Å². The Kier molecular flexibility index (Phi) is 26.6. The minimum absolute atomic E-state index is 1.25. The molecule has 1 heteroatoms. The summed E-state index contributed by atoms with van der Waals surface area (Å²) in [5.41, 5.74) is 2.55. The highest BCUT2D eigenvalue weighted by Gasteiger charge is 1.88. The molecule has 1 rings (SSSR count). The Bertz CT molecular complexity index is 287. The van der Waals surface area contributed by atoms with Crippen molar-refractivity contribution >= 4 is 15.3 Å². The van der Waals surface area contributed by atoms with Crippen LogP contribution in [0.2, 0.25) is 0 Å². The average Bonchev–Trinajstić information content (AvgIpc) is 2.43.